The van der Waals surface area contributed by atoms with Crippen LogP contribution in [0.3, 0.4) is 0 Å². The van der Waals surface area contributed by atoms with Crippen molar-refractivity contribution in [1.29, 1.82) is 0 Å². The quantitative estimate of drug-likeness (QED) is 0.376. The van der Waals surface area contributed by atoms with Gasteiger partial charge in [0.2, 0.25) is 0 Å². The Morgan fingerprint density at radius 3 is 2.13 bits per heavy atom. The number of nitrogens with zero attached hydrogens (tertiary/aromatic N) is 1. The Labute approximate surface area is 145 Å². The third-order valence-electron chi connectivity index (χ3n) is 3.24. The van der Waals surface area contributed by atoms with Crippen LogP contribution in [0.5, 0.6) is 0 Å². The second-order valence-corrected chi connectivity index (χ2v) is 9.67. The predicted octanol–water partition coefficient (Wildman–Crippen LogP) is 2.90. The number of ether oxygens (including phenoxy) is 2. The van der Waals surface area contributed by atoms with Gasteiger partial charge in [0.25, 0.3) is 0 Å². The van der Waals surface area contributed by atoms with Gasteiger partial charge in [-0.1, -0.05) is 6.07 Å². The van der Waals surface area contributed by atoms with E-state index in [2.05, 4.69) is 36.0 Å². The average Bonchev–Trinajstić information content (AvgIpc) is 3.01. The van der Waals surface area contributed by atoms with Crippen LogP contribution in [0.1, 0.15) is 18.7 Å². The maximum absolute atomic E-state index is 6.10. The monoisotopic (exact) mass is 361 g/mol. The maximum atomic E-state index is 6.10. The van der Waals surface area contributed by atoms with Gasteiger partial charge in [0, 0.05) is 30.8 Å². The van der Waals surface area contributed by atoms with Gasteiger partial charge in [-0.2, -0.15) is 0 Å². The summed E-state index contributed by atoms with van der Waals surface area (Å²) in [6.45, 7) is 10.8. The average molecular weight is 362 g/mol. The summed E-state index contributed by atoms with van der Waals surface area (Å²) in [4.78, 5) is 3.63. The van der Waals surface area contributed by atoms with Crippen LogP contribution in [-0.4, -0.2) is 66.3 Å². The summed E-state index contributed by atoms with van der Waals surface area (Å²) < 4.78 is 22.9. The van der Waals surface area contributed by atoms with Crippen LogP contribution in [0, 0.1) is 0 Å². The second-order valence-electron chi connectivity index (χ2n) is 5.48. The fraction of sp³-hybridized carbons (Fsp3) is 0.750. The molecule has 1 aromatic rings. The van der Waals surface area contributed by atoms with Gasteiger partial charge in [0.05, 0.1) is 26.4 Å². The minimum Gasteiger partial charge on any atom is -0.391 e. The van der Waals surface area contributed by atoms with Crippen molar-refractivity contribution in [2.24, 2.45) is 0 Å². The molecule has 0 aliphatic carbocycles. The van der Waals surface area contributed by atoms with E-state index in [1.54, 1.807) is 11.3 Å². The largest absolute Gasteiger partial charge is 0.391 e. The minimum absolute atomic E-state index is 0.581. The van der Waals surface area contributed by atoms with Crippen molar-refractivity contribution >= 4 is 19.9 Å². The van der Waals surface area contributed by atoms with Crippen molar-refractivity contribution in [2.45, 2.75) is 26.9 Å². The molecule has 0 amide bonds. The zero-order valence-corrected chi connectivity index (χ0v) is 16.7. The highest BCUT2D eigenvalue weighted by atomic mass is 32.1. The van der Waals surface area contributed by atoms with Gasteiger partial charge in [-0.25, -0.2) is 0 Å². The van der Waals surface area contributed by atoms with Gasteiger partial charge in [-0.05, 0) is 38.9 Å². The lowest BCUT2D eigenvalue weighted by Gasteiger charge is -2.31. The lowest BCUT2D eigenvalue weighted by Crippen LogP contribution is -2.50. The lowest BCUT2D eigenvalue weighted by molar-refractivity contribution is 0.0623. The summed E-state index contributed by atoms with van der Waals surface area (Å²) in [5.41, 5.74) is 0. The molecule has 0 atom stereocenters. The molecule has 134 valence electrons. The van der Waals surface area contributed by atoms with E-state index >= 15 is 0 Å². The summed E-state index contributed by atoms with van der Waals surface area (Å²) in [7, 11) is -0.162. The van der Waals surface area contributed by atoms with Crippen molar-refractivity contribution in [3.63, 3.8) is 0 Å². The molecule has 0 aliphatic rings. The summed E-state index contributed by atoms with van der Waals surface area (Å²) >= 11 is 1.78. The first-order chi connectivity index (χ1) is 11.1. The highest BCUT2D eigenvalue weighted by molar-refractivity contribution is 7.09. The van der Waals surface area contributed by atoms with E-state index in [4.69, 9.17) is 18.3 Å². The minimum atomic E-state index is -2.28. The maximum Gasteiger partial charge on any atom is 0.349 e. The molecule has 1 aromatic heterocycles. The Bertz CT molecular complexity index is 379. The van der Waals surface area contributed by atoms with Gasteiger partial charge in [0.1, 0.15) is 0 Å². The number of hydrogen-bond donors (Lipinski definition) is 0. The van der Waals surface area contributed by atoms with E-state index in [0.29, 0.717) is 39.6 Å². The van der Waals surface area contributed by atoms with E-state index in [1.807, 2.05) is 13.8 Å². The van der Waals surface area contributed by atoms with Crippen molar-refractivity contribution in [2.75, 3.05) is 52.9 Å². The highest BCUT2D eigenvalue weighted by Crippen LogP contribution is 2.14. The molecular formula is C16H31NO4SSi. The first-order valence-electron chi connectivity index (χ1n) is 8.24. The lowest BCUT2D eigenvalue weighted by atomic mass is 10.4. The summed E-state index contributed by atoms with van der Waals surface area (Å²) in [5.74, 6) is 0. The topological polar surface area (TPSA) is 40.2 Å². The first-order valence-corrected chi connectivity index (χ1v) is 11.6. The number of rotatable bonds is 14. The van der Waals surface area contributed by atoms with Gasteiger partial charge in [-0.15, -0.1) is 11.3 Å². The molecule has 0 saturated heterocycles. The van der Waals surface area contributed by atoms with E-state index in [1.165, 1.54) is 4.88 Å². The smallest absolute Gasteiger partial charge is 0.349 e. The molecule has 0 radical (unpaired) electrons. The van der Waals surface area contributed by atoms with Crippen LogP contribution < -0.4 is 0 Å². The number of hydrogen-bond acceptors (Lipinski definition) is 6. The van der Waals surface area contributed by atoms with Crippen LogP contribution in [0.25, 0.3) is 0 Å². The molecule has 0 fully saturated rings. The summed E-state index contributed by atoms with van der Waals surface area (Å²) in [5, 5.41) is 2.11. The molecule has 0 spiro atoms. The van der Waals surface area contributed by atoms with E-state index < -0.39 is 8.56 Å². The molecule has 0 aliphatic heterocycles. The fourth-order valence-corrected chi connectivity index (χ4v) is 5.44. The second kappa shape index (κ2) is 12.1. The predicted molar refractivity (Wildman–Crippen MR) is 97.2 cm³/mol. The Morgan fingerprint density at radius 2 is 1.65 bits per heavy atom. The molecule has 0 saturated carbocycles. The third-order valence-corrected chi connectivity index (χ3v) is 6.85. The molecular weight excluding hydrogens is 330 g/mol. The molecule has 0 unspecified atom stereocenters. The Kier molecular flexibility index (Phi) is 11.0. The molecule has 1 rings (SSSR count). The first kappa shape index (κ1) is 20.8. The Hall–Kier alpha value is -0.283. The SMILES string of the molecule is CCOCCO[Si](C)(CN(C)Cc1cccs1)OCCOCC. The van der Waals surface area contributed by atoms with Crippen LogP contribution in [-0.2, 0) is 24.9 Å². The summed E-state index contributed by atoms with van der Waals surface area (Å²) in [6, 6.07) is 4.24. The Morgan fingerprint density at radius 1 is 1.04 bits per heavy atom. The van der Waals surface area contributed by atoms with Crippen LogP contribution in [0.2, 0.25) is 6.55 Å². The van der Waals surface area contributed by atoms with Crippen molar-refractivity contribution < 1.29 is 18.3 Å². The molecule has 1 heterocycles. The van der Waals surface area contributed by atoms with Gasteiger partial charge >= 0.3 is 8.56 Å². The van der Waals surface area contributed by atoms with Gasteiger partial charge in [0.15, 0.2) is 0 Å². The third kappa shape index (κ3) is 9.56. The summed E-state index contributed by atoms with van der Waals surface area (Å²) in [6.07, 6.45) is 0.823. The number of thiophene rings is 1. The van der Waals surface area contributed by atoms with E-state index in [0.717, 1.165) is 12.7 Å². The van der Waals surface area contributed by atoms with Crippen molar-refractivity contribution in [3.05, 3.63) is 22.4 Å². The highest BCUT2D eigenvalue weighted by Gasteiger charge is 2.33. The molecule has 23 heavy (non-hydrogen) atoms. The Balaban J connectivity index is 2.46. The van der Waals surface area contributed by atoms with Crippen LogP contribution >= 0.6 is 11.3 Å². The molecule has 0 aromatic carbocycles. The molecule has 0 N–H and O–H groups in total. The van der Waals surface area contributed by atoms with Crippen molar-refractivity contribution in [1.82, 2.24) is 4.90 Å². The van der Waals surface area contributed by atoms with Crippen LogP contribution in [0.15, 0.2) is 17.5 Å². The van der Waals surface area contributed by atoms with Crippen molar-refractivity contribution in [3.8, 4) is 0 Å². The zero-order valence-electron chi connectivity index (χ0n) is 14.9. The van der Waals surface area contributed by atoms with E-state index in [-0.39, 0.29) is 0 Å². The standard InChI is InChI=1S/C16H31NO4SSi/c1-5-18-9-11-20-23(4,21-12-10-19-6-2)15-17(3)14-16-8-7-13-22-16/h7-8,13H,5-6,9-12,14-15H2,1-4H3. The van der Waals surface area contributed by atoms with Gasteiger partial charge in [-0.3, -0.25) is 4.90 Å². The molecule has 7 heteroatoms. The van der Waals surface area contributed by atoms with Gasteiger partial charge < -0.3 is 18.3 Å². The molecule has 0 bridgehead atoms. The zero-order chi connectivity index (χ0) is 17.0. The fourth-order valence-electron chi connectivity index (χ4n) is 2.27. The van der Waals surface area contributed by atoms with E-state index in [9.17, 15) is 0 Å². The normalized spacial score (nSPS) is 12.2. The molecule has 5 nitrogen and oxygen atoms in total. The van der Waals surface area contributed by atoms with Crippen LogP contribution in [0.4, 0.5) is 0 Å².